The molecule has 2 aromatic heterocycles. The van der Waals surface area contributed by atoms with E-state index < -0.39 is 17.9 Å². The molecule has 0 saturated heterocycles. The molecule has 0 unspecified atom stereocenters. The number of aromatic nitrogens is 2. The van der Waals surface area contributed by atoms with Crippen LogP contribution in [0.3, 0.4) is 0 Å². The van der Waals surface area contributed by atoms with Crippen molar-refractivity contribution in [2.75, 3.05) is 0 Å². The van der Waals surface area contributed by atoms with Crippen LogP contribution in [0.5, 0.6) is 0 Å². The Labute approximate surface area is 177 Å². The highest BCUT2D eigenvalue weighted by Crippen LogP contribution is 2.28. The summed E-state index contributed by atoms with van der Waals surface area (Å²) in [7, 11) is 0. The van der Waals surface area contributed by atoms with Crippen LogP contribution >= 0.6 is 11.3 Å². The smallest absolute Gasteiger partial charge is 0.326 e. The average molecular weight is 420 g/mol. The van der Waals surface area contributed by atoms with Gasteiger partial charge in [0.25, 0.3) is 5.91 Å². The molecular formula is C23H21N3O3S. The van der Waals surface area contributed by atoms with Crippen LogP contribution in [0, 0.1) is 13.8 Å². The molecular weight excluding hydrogens is 398 g/mol. The molecule has 152 valence electrons. The molecule has 0 aliphatic carbocycles. The number of nitrogens with zero attached hydrogens (tertiary/aromatic N) is 1. The number of aryl methyl sites for hydroxylation is 2. The van der Waals surface area contributed by atoms with Crippen LogP contribution in [0.2, 0.25) is 0 Å². The first-order valence-corrected chi connectivity index (χ1v) is 10.4. The van der Waals surface area contributed by atoms with Gasteiger partial charge in [0.15, 0.2) is 0 Å². The fourth-order valence-corrected chi connectivity index (χ4v) is 4.35. The van der Waals surface area contributed by atoms with Crippen molar-refractivity contribution in [3.8, 4) is 10.6 Å². The molecule has 30 heavy (non-hydrogen) atoms. The molecule has 0 aliphatic rings. The number of fused-ring (bicyclic) bond motifs is 1. The van der Waals surface area contributed by atoms with Gasteiger partial charge in [0.1, 0.15) is 15.9 Å². The number of aliphatic carboxylic acids is 1. The van der Waals surface area contributed by atoms with E-state index in [1.54, 1.807) is 13.1 Å². The van der Waals surface area contributed by atoms with Gasteiger partial charge in [-0.3, -0.25) is 4.79 Å². The third kappa shape index (κ3) is 3.97. The van der Waals surface area contributed by atoms with Crippen molar-refractivity contribution in [2.24, 2.45) is 0 Å². The number of rotatable bonds is 6. The minimum Gasteiger partial charge on any atom is -0.480 e. The number of amides is 1. The second-order valence-corrected chi connectivity index (χ2v) is 8.23. The van der Waals surface area contributed by atoms with Crippen LogP contribution in [-0.4, -0.2) is 33.0 Å². The van der Waals surface area contributed by atoms with E-state index in [1.807, 2.05) is 55.5 Å². The van der Waals surface area contributed by atoms with Crippen LogP contribution in [-0.2, 0) is 11.2 Å². The van der Waals surface area contributed by atoms with E-state index in [4.69, 9.17) is 0 Å². The zero-order chi connectivity index (χ0) is 21.3. The maximum absolute atomic E-state index is 12.9. The summed E-state index contributed by atoms with van der Waals surface area (Å²) in [4.78, 5) is 32.8. The Hall–Kier alpha value is -3.45. The van der Waals surface area contributed by atoms with Gasteiger partial charge in [-0.2, -0.15) is 0 Å². The minimum absolute atomic E-state index is 0.188. The van der Waals surface area contributed by atoms with Crippen LogP contribution in [0.25, 0.3) is 21.5 Å². The largest absolute Gasteiger partial charge is 0.480 e. The second kappa shape index (κ2) is 8.12. The van der Waals surface area contributed by atoms with Gasteiger partial charge in [0.2, 0.25) is 0 Å². The van der Waals surface area contributed by atoms with Gasteiger partial charge in [-0.1, -0.05) is 48.0 Å². The van der Waals surface area contributed by atoms with Crippen molar-refractivity contribution < 1.29 is 14.7 Å². The Morgan fingerprint density at radius 2 is 1.87 bits per heavy atom. The monoisotopic (exact) mass is 419 g/mol. The number of carbonyl (C=O) groups is 2. The number of nitrogens with one attached hydrogen (secondary N) is 2. The summed E-state index contributed by atoms with van der Waals surface area (Å²) in [6, 6.07) is 14.6. The molecule has 0 radical (unpaired) electrons. The summed E-state index contributed by atoms with van der Waals surface area (Å²) in [6.45, 7) is 3.77. The molecule has 0 spiro atoms. The average Bonchev–Trinajstić information content (AvgIpc) is 3.32. The van der Waals surface area contributed by atoms with Crippen molar-refractivity contribution in [3.05, 3.63) is 76.4 Å². The van der Waals surface area contributed by atoms with Crippen LogP contribution in [0.15, 0.2) is 54.7 Å². The predicted molar refractivity (Wildman–Crippen MR) is 118 cm³/mol. The van der Waals surface area contributed by atoms with Gasteiger partial charge < -0.3 is 15.4 Å². The van der Waals surface area contributed by atoms with Gasteiger partial charge in [0.05, 0.1) is 5.69 Å². The number of carbonyl (C=O) groups excluding carboxylic acids is 1. The first-order chi connectivity index (χ1) is 14.4. The lowest BCUT2D eigenvalue weighted by Gasteiger charge is -2.13. The summed E-state index contributed by atoms with van der Waals surface area (Å²) in [6.07, 6.45) is 1.98. The highest BCUT2D eigenvalue weighted by atomic mass is 32.1. The lowest BCUT2D eigenvalue weighted by molar-refractivity contribution is -0.139. The number of carboxylic acids is 1. The van der Waals surface area contributed by atoms with Gasteiger partial charge in [-0.05, 0) is 25.5 Å². The van der Waals surface area contributed by atoms with Crippen molar-refractivity contribution in [3.63, 3.8) is 0 Å². The fraction of sp³-hybridized carbons (Fsp3) is 0.174. The molecule has 2 aromatic carbocycles. The summed E-state index contributed by atoms with van der Waals surface area (Å²) < 4.78 is 0. The molecule has 1 amide bonds. The Morgan fingerprint density at radius 1 is 1.13 bits per heavy atom. The predicted octanol–water partition coefficient (Wildman–Crippen LogP) is 4.33. The Bertz CT molecular complexity index is 1220. The van der Waals surface area contributed by atoms with Crippen LogP contribution in [0.1, 0.15) is 26.5 Å². The third-order valence-corrected chi connectivity index (χ3v) is 6.21. The van der Waals surface area contributed by atoms with E-state index in [-0.39, 0.29) is 6.42 Å². The third-order valence-electron chi connectivity index (χ3n) is 5.00. The number of aromatic amines is 1. The summed E-state index contributed by atoms with van der Waals surface area (Å²) in [5.41, 5.74) is 4.45. The van der Waals surface area contributed by atoms with Crippen LogP contribution < -0.4 is 5.32 Å². The molecule has 7 heteroatoms. The Morgan fingerprint density at radius 3 is 2.60 bits per heavy atom. The lowest BCUT2D eigenvalue weighted by Crippen LogP contribution is -2.42. The number of H-pyrrole nitrogens is 1. The molecule has 4 rings (SSSR count). The highest BCUT2D eigenvalue weighted by Gasteiger charge is 2.25. The fourth-order valence-electron chi connectivity index (χ4n) is 3.37. The molecule has 0 fully saturated rings. The quantitative estimate of drug-likeness (QED) is 0.433. The number of benzene rings is 2. The minimum atomic E-state index is -1.07. The van der Waals surface area contributed by atoms with Crippen molar-refractivity contribution in [2.45, 2.75) is 26.3 Å². The van der Waals surface area contributed by atoms with E-state index >= 15 is 0 Å². The topological polar surface area (TPSA) is 95.1 Å². The zero-order valence-electron chi connectivity index (χ0n) is 16.6. The SMILES string of the molecule is Cc1ccc(-c2nc(C)c(C(=O)N[C@@H](Cc3c[nH]c4ccccc34)C(=O)O)s2)cc1. The maximum Gasteiger partial charge on any atom is 0.326 e. The molecule has 2 heterocycles. The first-order valence-electron chi connectivity index (χ1n) is 9.55. The summed E-state index contributed by atoms with van der Waals surface area (Å²) >= 11 is 1.27. The first kappa shape index (κ1) is 19.8. The van der Waals surface area contributed by atoms with Gasteiger partial charge in [-0.15, -0.1) is 11.3 Å². The molecule has 0 saturated carbocycles. The molecule has 4 aromatic rings. The van der Waals surface area contributed by atoms with Crippen molar-refractivity contribution in [1.29, 1.82) is 0 Å². The van der Waals surface area contributed by atoms with E-state index in [2.05, 4.69) is 15.3 Å². The lowest BCUT2D eigenvalue weighted by atomic mass is 10.0. The Kier molecular flexibility index (Phi) is 5.37. The van der Waals surface area contributed by atoms with Gasteiger partial charge >= 0.3 is 5.97 Å². The normalized spacial score (nSPS) is 12.1. The molecule has 6 nitrogen and oxygen atoms in total. The number of hydrogen-bond donors (Lipinski definition) is 3. The molecule has 0 bridgehead atoms. The van der Waals surface area contributed by atoms with E-state index in [0.29, 0.717) is 10.6 Å². The number of para-hydroxylation sites is 1. The number of hydrogen-bond acceptors (Lipinski definition) is 4. The zero-order valence-corrected chi connectivity index (χ0v) is 17.4. The highest BCUT2D eigenvalue weighted by molar-refractivity contribution is 7.17. The standard InChI is InChI=1S/C23H21N3O3S/c1-13-7-9-15(10-8-13)22-25-14(2)20(30-22)21(27)26-19(23(28)29)11-16-12-24-18-6-4-3-5-17(16)18/h3-10,12,19,24H,11H2,1-2H3,(H,26,27)(H,28,29)/t19-/m0/s1. The van der Waals surface area contributed by atoms with Crippen LogP contribution in [0.4, 0.5) is 0 Å². The number of carboxylic acid groups (broad SMARTS) is 1. The molecule has 0 aliphatic heterocycles. The van der Waals surface area contributed by atoms with E-state index in [1.165, 1.54) is 11.3 Å². The molecule has 3 N–H and O–H groups in total. The maximum atomic E-state index is 12.9. The van der Waals surface area contributed by atoms with E-state index in [0.717, 1.165) is 32.6 Å². The van der Waals surface area contributed by atoms with Crippen molar-refractivity contribution in [1.82, 2.24) is 15.3 Å². The summed E-state index contributed by atoms with van der Waals surface area (Å²) in [5.74, 6) is -1.50. The van der Waals surface area contributed by atoms with E-state index in [9.17, 15) is 14.7 Å². The van der Waals surface area contributed by atoms with Gasteiger partial charge in [0, 0.05) is 29.1 Å². The van der Waals surface area contributed by atoms with Gasteiger partial charge in [-0.25, -0.2) is 9.78 Å². The molecule has 1 atom stereocenters. The Balaban J connectivity index is 1.55. The second-order valence-electron chi connectivity index (χ2n) is 7.23. The number of thiazole rings is 1. The van der Waals surface area contributed by atoms with Crippen molar-refractivity contribution >= 4 is 34.1 Å². The summed E-state index contributed by atoms with van der Waals surface area (Å²) in [5, 5.41) is 14.0.